The van der Waals surface area contributed by atoms with Gasteiger partial charge in [0.25, 0.3) is 0 Å². The molecule has 82 valence electrons. The van der Waals surface area contributed by atoms with Crippen LogP contribution in [0.1, 0.15) is 26.3 Å². The number of benzene rings is 1. The van der Waals surface area contributed by atoms with Crippen molar-refractivity contribution in [2.24, 2.45) is 5.92 Å². The van der Waals surface area contributed by atoms with Crippen LogP contribution in [-0.4, -0.2) is 6.61 Å². The fourth-order valence-electron chi connectivity index (χ4n) is 1.46. The van der Waals surface area contributed by atoms with E-state index in [9.17, 15) is 0 Å². The second kappa shape index (κ2) is 6.28. The molecule has 0 saturated carbocycles. The van der Waals surface area contributed by atoms with Gasteiger partial charge in [-0.1, -0.05) is 44.2 Å². The first-order valence-corrected chi connectivity index (χ1v) is 5.60. The standard InChI is InChI=1S/C14H20O/c1-4-15-14(12(2)3)11-10-13-8-6-5-7-9-13/h5-9,11-12H,4,10H2,1-3H3/b14-11-. The van der Waals surface area contributed by atoms with E-state index in [4.69, 9.17) is 4.74 Å². The van der Waals surface area contributed by atoms with Gasteiger partial charge in [-0.2, -0.15) is 0 Å². The normalized spacial score (nSPS) is 11.9. The lowest BCUT2D eigenvalue weighted by Gasteiger charge is -2.12. The van der Waals surface area contributed by atoms with Gasteiger partial charge in [0.05, 0.1) is 12.4 Å². The van der Waals surface area contributed by atoms with Gasteiger partial charge in [0, 0.05) is 5.92 Å². The predicted molar refractivity (Wildman–Crippen MR) is 64.7 cm³/mol. The summed E-state index contributed by atoms with van der Waals surface area (Å²) < 4.78 is 5.59. The Morgan fingerprint density at radius 1 is 1.27 bits per heavy atom. The first-order chi connectivity index (χ1) is 7.24. The van der Waals surface area contributed by atoms with Crippen LogP contribution in [0.15, 0.2) is 42.2 Å². The fourth-order valence-corrected chi connectivity index (χ4v) is 1.46. The Hall–Kier alpha value is -1.24. The second-order valence-corrected chi connectivity index (χ2v) is 3.88. The minimum Gasteiger partial charge on any atom is -0.498 e. The largest absolute Gasteiger partial charge is 0.498 e. The van der Waals surface area contributed by atoms with Gasteiger partial charge in [-0.05, 0) is 25.0 Å². The average molecular weight is 204 g/mol. The van der Waals surface area contributed by atoms with Crippen molar-refractivity contribution in [3.8, 4) is 0 Å². The molecule has 1 heteroatoms. The van der Waals surface area contributed by atoms with Gasteiger partial charge in [0.15, 0.2) is 0 Å². The van der Waals surface area contributed by atoms with Crippen molar-refractivity contribution in [3.05, 3.63) is 47.7 Å². The molecule has 1 nitrogen and oxygen atoms in total. The predicted octanol–water partition coefficient (Wildman–Crippen LogP) is 3.81. The molecule has 0 aromatic heterocycles. The van der Waals surface area contributed by atoms with Crippen LogP contribution in [0.5, 0.6) is 0 Å². The highest BCUT2D eigenvalue weighted by Gasteiger charge is 2.02. The monoisotopic (exact) mass is 204 g/mol. The van der Waals surface area contributed by atoms with Crippen LogP contribution < -0.4 is 0 Å². The molecule has 0 aliphatic heterocycles. The zero-order chi connectivity index (χ0) is 11.1. The third-order valence-electron chi connectivity index (χ3n) is 2.26. The molecule has 0 unspecified atom stereocenters. The average Bonchev–Trinajstić information content (AvgIpc) is 2.25. The number of hydrogen-bond donors (Lipinski definition) is 0. The summed E-state index contributed by atoms with van der Waals surface area (Å²) in [6.07, 6.45) is 3.14. The van der Waals surface area contributed by atoms with E-state index in [2.05, 4.69) is 44.2 Å². The van der Waals surface area contributed by atoms with Crippen molar-refractivity contribution >= 4 is 0 Å². The molecule has 0 heterocycles. The molecule has 0 saturated heterocycles. The Morgan fingerprint density at radius 3 is 2.47 bits per heavy atom. The summed E-state index contributed by atoms with van der Waals surface area (Å²) in [5.74, 6) is 1.56. The third-order valence-corrected chi connectivity index (χ3v) is 2.26. The van der Waals surface area contributed by atoms with E-state index in [1.54, 1.807) is 0 Å². The van der Waals surface area contributed by atoms with Crippen LogP contribution in [0, 0.1) is 5.92 Å². The van der Waals surface area contributed by atoms with E-state index in [0.29, 0.717) is 5.92 Å². The molecule has 0 N–H and O–H groups in total. The fraction of sp³-hybridized carbons (Fsp3) is 0.429. The minimum atomic E-state index is 0.466. The van der Waals surface area contributed by atoms with Gasteiger partial charge in [0.2, 0.25) is 0 Å². The van der Waals surface area contributed by atoms with Gasteiger partial charge in [-0.15, -0.1) is 0 Å². The van der Waals surface area contributed by atoms with Crippen LogP contribution in [0.4, 0.5) is 0 Å². The van der Waals surface area contributed by atoms with E-state index < -0.39 is 0 Å². The van der Waals surface area contributed by atoms with Gasteiger partial charge in [0.1, 0.15) is 0 Å². The minimum absolute atomic E-state index is 0.466. The zero-order valence-electron chi connectivity index (χ0n) is 9.86. The quantitative estimate of drug-likeness (QED) is 0.663. The molecule has 1 aromatic carbocycles. The maximum absolute atomic E-state index is 5.59. The molecule has 0 aliphatic carbocycles. The molecular formula is C14H20O. The van der Waals surface area contributed by atoms with Gasteiger partial charge in [-0.3, -0.25) is 0 Å². The van der Waals surface area contributed by atoms with Crippen molar-refractivity contribution in [1.29, 1.82) is 0 Å². The third kappa shape index (κ3) is 4.20. The number of hydrogen-bond acceptors (Lipinski definition) is 1. The molecule has 0 radical (unpaired) electrons. The summed E-state index contributed by atoms with van der Waals surface area (Å²) in [4.78, 5) is 0. The highest BCUT2D eigenvalue weighted by molar-refractivity contribution is 5.18. The lowest BCUT2D eigenvalue weighted by molar-refractivity contribution is 0.199. The van der Waals surface area contributed by atoms with Crippen molar-refractivity contribution in [1.82, 2.24) is 0 Å². The first-order valence-electron chi connectivity index (χ1n) is 5.60. The van der Waals surface area contributed by atoms with Crippen molar-refractivity contribution in [2.45, 2.75) is 27.2 Å². The van der Waals surface area contributed by atoms with E-state index in [0.717, 1.165) is 18.8 Å². The van der Waals surface area contributed by atoms with Crippen LogP contribution in [-0.2, 0) is 11.2 Å². The zero-order valence-corrected chi connectivity index (χ0v) is 9.86. The van der Waals surface area contributed by atoms with E-state index in [1.165, 1.54) is 5.56 Å². The highest BCUT2D eigenvalue weighted by atomic mass is 16.5. The smallest absolute Gasteiger partial charge is 0.0948 e. The molecule has 0 spiro atoms. The maximum Gasteiger partial charge on any atom is 0.0948 e. The number of ether oxygens (including phenoxy) is 1. The van der Waals surface area contributed by atoms with Crippen molar-refractivity contribution in [3.63, 3.8) is 0 Å². The lowest BCUT2D eigenvalue weighted by atomic mass is 10.1. The van der Waals surface area contributed by atoms with Crippen LogP contribution >= 0.6 is 0 Å². The molecule has 1 rings (SSSR count). The molecule has 0 bridgehead atoms. The first kappa shape index (κ1) is 11.8. The van der Waals surface area contributed by atoms with Crippen LogP contribution in [0.3, 0.4) is 0 Å². The van der Waals surface area contributed by atoms with Gasteiger partial charge < -0.3 is 4.74 Å². The van der Waals surface area contributed by atoms with E-state index >= 15 is 0 Å². The Labute approximate surface area is 92.8 Å². The van der Waals surface area contributed by atoms with Crippen molar-refractivity contribution < 1.29 is 4.74 Å². The Kier molecular flexibility index (Phi) is 4.96. The summed E-state index contributed by atoms with van der Waals surface area (Å²) in [6, 6.07) is 10.5. The summed E-state index contributed by atoms with van der Waals surface area (Å²) in [7, 11) is 0. The number of rotatable bonds is 5. The van der Waals surface area contributed by atoms with Gasteiger partial charge >= 0.3 is 0 Å². The number of allylic oxidation sites excluding steroid dienone is 2. The summed E-state index contributed by atoms with van der Waals surface area (Å²) in [5.41, 5.74) is 1.33. The topological polar surface area (TPSA) is 9.23 Å². The molecule has 1 aromatic rings. The molecule has 0 fully saturated rings. The Bertz CT molecular complexity index is 298. The summed E-state index contributed by atoms with van der Waals surface area (Å²) in [5, 5.41) is 0. The SMILES string of the molecule is CCO/C(=C\Cc1ccccc1)C(C)C. The molecule has 0 aliphatic rings. The van der Waals surface area contributed by atoms with E-state index in [-0.39, 0.29) is 0 Å². The maximum atomic E-state index is 5.59. The summed E-state index contributed by atoms with van der Waals surface area (Å²) in [6.45, 7) is 7.09. The highest BCUT2D eigenvalue weighted by Crippen LogP contribution is 2.12. The Morgan fingerprint density at radius 2 is 1.93 bits per heavy atom. The van der Waals surface area contributed by atoms with Crippen LogP contribution in [0.2, 0.25) is 0 Å². The summed E-state index contributed by atoms with van der Waals surface area (Å²) >= 11 is 0. The molecule has 0 atom stereocenters. The van der Waals surface area contributed by atoms with Crippen LogP contribution in [0.25, 0.3) is 0 Å². The van der Waals surface area contributed by atoms with Gasteiger partial charge in [-0.25, -0.2) is 0 Å². The molecular weight excluding hydrogens is 184 g/mol. The second-order valence-electron chi connectivity index (χ2n) is 3.88. The Balaban J connectivity index is 2.61. The lowest BCUT2D eigenvalue weighted by Crippen LogP contribution is -2.00. The molecule has 0 amide bonds. The molecule has 15 heavy (non-hydrogen) atoms. The van der Waals surface area contributed by atoms with E-state index in [1.807, 2.05) is 13.0 Å². The van der Waals surface area contributed by atoms with Crippen molar-refractivity contribution in [2.75, 3.05) is 6.61 Å².